The lowest BCUT2D eigenvalue weighted by Gasteiger charge is -2.11. The van der Waals surface area contributed by atoms with Crippen molar-refractivity contribution in [2.75, 3.05) is 0 Å². The Kier molecular flexibility index (Phi) is 3.58. The van der Waals surface area contributed by atoms with Crippen LogP contribution in [0.5, 0.6) is 0 Å². The molecule has 0 saturated carbocycles. The summed E-state index contributed by atoms with van der Waals surface area (Å²) in [5.41, 5.74) is 6.10. The Morgan fingerprint density at radius 1 is 0.438 bits per heavy atom. The molecule has 0 amide bonds. The molecule has 0 atom stereocenters. The van der Waals surface area contributed by atoms with Gasteiger partial charge in [-0.05, 0) is 53.9 Å². The molecule has 0 saturated heterocycles. The van der Waals surface area contributed by atoms with Gasteiger partial charge in [-0.25, -0.2) is 0 Å². The summed E-state index contributed by atoms with van der Waals surface area (Å²) in [6, 6.07) is 41.4. The lowest BCUT2D eigenvalue weighted by atomic mass is 10.0. The molecule has 5 aromatic carbocycles. The van der Waals surface area contributed by atoms with Gasteiger partial charge in [-0.15, -0.1) is 0 Å². The maximum absolute atomic E-state index is 2.41. The minimum Gasteiger partial charge on any atom is -0.317 e. The van der Waals surface area contributed by atoms with E-state index in [4.69, 9.17) is 0 Å². The van der Waals surface area contributed by atoms with E-state index in [9.17, 15) is 0 Å². The van der Waals surface area contributed by atoms with Gasteiger partial charge in [-0.3, -0.25) is 0 Å². The van der Waals surface area contributed by atoms with Crippen LogP contribution >= 0.6 is 0 Å². The van der Waals surface area contributed by atoms with E-state index >= 15 is 0 Å². The molecule has 32 heavy (non-hydrogen) atoms. The molecule has 0 aliphatic heterocycles. The van der Waals surface area contributed by atoms with Crippen molar-refractivity contribution in [3.8, 4) is 11.4 Å². The van der Waals surface area contributed by atoms with Crippen LogP contribution in [0.2, 0.25) is 0 Å². The third-order valence-corrected chi connectivity index (χ3v) is 6.51. The zero-order chi connectivity index (χ0) is 21.1. The number of nitrogens with zero attached hydrogens (tertiary/aromatic N) is 2. The Balaban J connectivity index is 1.62. The van der Waals surface area contributed by atoms with Gasteiger partial charge in [0.2, 0.25) is 0 Å². The summed E-state index contributed by atoms with van der Waals surface area (Å²) in [4.78, 5) is 0. The van der Waals surface area contributed by atoms with Gasteiger partial charge in [0.1, 0.15) is 0 Å². The molecule has 0 unspecified atom stereocenters. The van der Waals surface area contributed by atoms with Gasteiger partial charge in [-0.2, -0.15) is 0 Å². The first-order valence-electron chi connectivity index (χ1n) is 11.0. The zero-order valence-corrected chi connectivity index (χ0v) is 17.4. The third kappa shape index (κ3) is 2.41. The van der Waals surface area contributed by atoms with Gasteiger partial charge in [0.05, 0.1) is 16.6 Å². The molecule has 0 aliphatic rings. The molecule has 0 bridgehead atoms. The number of aromatic nitrogens is 2. The van der Waals surface area contributed by atoms with Gasteiger partial charge in [0.25, 0.3) is 0 Å². The molecule has 0 fully saturated rings. The largest absolute Gasteiger partial charge is 0.317 e. The minimum atomic E-state index is 1.18. The molecule has 0 spiro atoms. The third-order valence-electron chi connectivity index (χ3n) is 6.51. The predicted octanol–water partition coefficient (Wildman–Crippen LogP) is 7.88. The van der Waals surface area contributed by atoms with Crippen molar-refractivity contribution < 1.29 is 0 Å². The first kappa shape index (κ1) is 17.4. The zero-order valence-electron chi connectivity index (χ0n) is 17.4. The van der Waals surface area contributed by atoms with Crippen molar-refractivity contribution in [1.82, 2.24) is 9.13 Å². The van der Waals surface area contributed by atoms with Crippen molar-refractivity contribution in [3.63, 3.8) is 0 Å². The number of hydrogen-bond acceptors (Lipinski definition) is 0. The molecular weight excluding hydrogens is 388 g/mol. The highest BCUT2D eigenvalue weighted by molar-refractivity contribution is 6.20. The number of rotatable bonds is 2. The summed E-state index contributed by atoms with van der Waals surface area (Å²) in [5, 5.41) is 6.36. The second-order valence-corrected chi connectivity index (χ2v) is 8.30. The SMILES string of the molecule is c1ccc(-n2ccc3cc4c(ccc5c6ccccc6n(-c6ccccc6)c45)cc32)cc1. The van der Waals surface area contributed by atoms with Crippen LogP contribution in [0, 0.1) is 0 Å². The van der Waals surface area contributed by atoms with Gasteiger partial charge in [0, 0.05) is 39.1 Å². The van der Waals surface area contributed by atoms with Crippen LogP contribution in [0.1, 0.15) is 0 Å². The van der Waals surface area contributed by atoms with Crippen LogP contribution in [-0.4, -0.2) is 9.13 Å². The Hall–Kier alpha value is -4.30. The Morgan fingerprint density at radius 3 is 1.97 bits per heavy atom. The van der Waals surface area contributed by atoms with Crippen molar-refractivity contribution in [3.05, 3.63) is 121 Å². The fourth-order valence-corrected chi connectivity index (χ4v) is 5.07. The first-order chi connectivity index (χ1) is 15.9. The smallest absolute Gasteiger partial charge is 0.0619 e. The average Bonchev–Trinajstić information content (AvgIpc) is 3.43. The molecular formula is C30H20N2. The molecule has 0 radical (unpaired) electrons. The number of para-hydroxylation sites is 3. The molecule has 2 nitrogen and oxygen atoms in total. The van der Waals surface area contributed by atoms with Gasteiger partial charge < -0.3 is 9.13 Å². The minimum absolute atomic E-state index is 1.18. The van der Waals surface area contributed by atoms with E-state index in [2.05, 4.69) is 131 Å². The molecule has 2 heterocycles. The molecule has 0 aliphatic carbocycles. The van der Waals surface area contributed by atoms with Crippen molar-refractivity contribution in [2.45, 2.75) is 0 Å². The highest BCUT2D eigenvalue weighted by Crippen LogP contribution is 2.38. The lowest BCUT2D eigenvalue weighted by Crippen LogP contribution is -1.94. The van der Waals surface area contributed by atoms with Crippen LogP contribution in [0.15, 0.2) is 121 Å². The highest BCUT2D eigenvalue weighted by atomic mass is 15.0. The molecule has 150 valence electrons. The first-order valence-corrected chi connectivity index (χ1v) is 11.0. The van der Waals surface area contributed by atoms with E-state index in [0.29, 0.717) is 0 Å². The van der Waals surface area contributed by atoms with Crippen LogP contribution in [0.25, 0.3) is 54.9 Å². The molecule has 7 aromatic rings. The van der Waals surface area contributed by atoms with E-state index in [1.807, 2.05) is 0 Å². The topological polar surface area (TPSA) is 9.86 Å². The molecule has 0 N–H and O–H groups in total. The second-order valence-electron chi connectivity index (χ2n) is 8.30. The normalized spacial score (nSPS) is 11.8. The van der Waals surface area contributed by atoms with E-state index in [1.165, 1.54) is 54.9 Å². The van der Waals surface area contributed by atoms with E-state index < -0.39 is 0 Å². The average molecular weight is 409 g/mol. The molecule has 7 rings (SSSR count). The maximum atomic E-state index is 2.41. The van der Waals surface area contributed by atoms with E-state index in [0.717, 1.165) is 0 Å². The quantitative estimate of drug-likeness (QED) is 0.275. The Labute approximate surface area is 185 Å². The standard InChI is InChI=1S/C30H20N2/c1-3-9-23(10-4-1)31-18-17-22-19-27-21(20-29(22)31)15-16-26-25-13-7-8-14-28(25)32(30(26)27)24-11-5-2-6-12-24/h1-20H. The van der Waals surface area contributed by atoms with Gasteiger partial charge in [-0.1, -0.05) is 66.7 Å². The number of hydrogen-bond donors (Lipinski definition) is 0. The summed E-state index contributed by atoms with van der Waals surface area (Å²) in [6.07, 6.45) is 2.17. The predicted molar refractivity (Wildman–Crippen MR) is 135 cm³/mol. The summed E-state index contributed by atoms with van der Waals surface area (Å²) in [7, 11) is 0. The molecule has 2 heteroatoms. The summed E-state index contributed by atoms with van der Waals surface area (Å²) < 4.78 is 4.68. The Morgan fingerprint density at radius 2 is 1.16 bits per heavy atom. The number of fused-ring (bicyclic) bond motifs is 6. The van der Waals surface area contributed by atoms with Crippen LogP contribution in [0.4, 0.5) is 0 Å². The summed E-state index contributed by atoms with van der Waals surface area (Å²) >= 11 is 0. The monoisotopic (exact) mass is 408 g/mol. The van der Waals surface area contributed by atoms with Crippen molar-refractivity contribution >= 4 is 43.5 Å². The van der Waals surface area contributed by atoms with Crippen LogP contribution in [-0.2, 0) is 0 Å². The fraction of sp³-hybridized carbons (Fsp3) is 0. The van der Waals surface area contributed by atoms with E-state index in [-0.39, 0.29) is 0 Å². The van der Waals surface area contributed by atoms with Crippen molar-refractivity contribution in [2.24, 2.45) is 0 Å². The fourth-order valence-electron chi connectivity index (χ4n) is 5.07. The van der Waals surface area contributed by atoms with Crippen LogP contribution < -0.4 is 0 Å². The lowest BCUT2D eigenvalue weighted by molar-refractivity contribution is 1.13. The van der Waals surface area contributed by atoms with Crippen molar-refractivity contribution in [1.29, 1.82) is 0 Å². The Bertz CT molecular complexity index is 1750. The number of benzene rings is 5. The highest BCUT2D eigenvalue weighted by Gasteiger charge is 2.15. The summed E-state index contributed by atoms with van der Waals surface area (Å²) in [5.74, 6) is 0. The second kappa shape index (κ2) is 6.60. The summed E-state index contributed by atoms with van der Waals surface area (Å²) in [6.45, 7) is 0. The van der Waals surface area contributed by atoms with Crippen LogP contribution in [0.3, 0.4) is 0 Å². The van der Waals surface area contributed by atoms with Gasteiger partial charge >= 0.3 is 0 Å². The maximum Gasteiger partial charge on any atom is 0.0619 e. The van der Waals surface area contributed by atoms with E-state index in [1.54, 1.807) is 0 Å². The molecule has 2 aromatic heterocycles. The van der Waals surface area contributed by atoms with Gasteiger partial charge in [0.15, 0.2) is 0 Å².